The van der Waals surface area contributed by atoms with Gasteiger partial charge < -0.3 is 4.90 Å². The topological polar surface area (TPSA) is 20.3 Å². The van der Waals surface area contributed by atoms with E-state index in [0.29, 0.717) is 12.5 Å². The van der Waals surface area contributed by atoms with Gasteiger partial charge in [-0.3, -0.25) is 4.79 Å². The van der Waals surface area contributed by atoms with Crippen molar-refractivity contribution in [2.24, 2.45) is 5.92 Å². The van der Waals surface area contributed by atoms with Gasteiger partial charge in [0.2, 0.25) is 5.91 Å². The third kappa shape index (κ3) is 3.59. The van der Waals surface area contributed by atoms with Crippen molar-refractivity contribution in [3.8, 4) is 12.3 Å². The Hall–Kier alpha value is -1.82. The van der Waals surface area contributed by atoms with E-state index < -0.39 is 0 Å². The van der Waals surface area contributed by atoms with Crippen molar-refractivity contribution in [3.05, 3.63) is 35.6 Å². The molecule has 2 nitrogen and oxygen atoms in total. The highest BCUT2D eigenvalue weighted by molar-refractivity contribution is 5.79. The lowest BCUT2D eigenvalue weighted by Gasteiger charge is -2.20. The lowest BCUT2D eigenvalue weighted by atomic mass is 10.1. The molecule has 3 heteroatoms. The molecule has 0 radical (unpaired) electrons. The van der Waals surface area contributed by atoms with Gasteiger partial charge in [-0.2, -0.15) is 0 Å². The van der Waals surface area contributed by atoms with Crippen LogP contribution in [-0.2, 0) is 11.2 Å². The number of carbonyl (C=O) groups is 1. The normalized spacial score (nSPS) is 14.0. The maximum Gasteiger partial charge on any atom is 0.227 e. The molecular weight excluding hydrogens is 229 g/mol. The summed E-state index contributed by atoms with van der Waals surface area (Å²) in [4.78, 5) is 13.8. The van der Waals surface area contributed by atoms with E-state index in [4.69, 9.17) is 6.42 Å². The Morgan fingerprint density at radius 3 is 2.61 bits per heavy atom. The van der Waals surface area contributed by atoms with Crippen molar-refractivity contribution in [3.63, 3.8) is 0 Å². The van der Waals surface area contributed by atoms with Crippen LogP contribution in [0.5, 0.6) is 0 Å². The Morgan fingerprint density at radius 1 is 1.39 bits per heavy atom. The van der Waals surface area contributed by atoms with Gasteiger partial charge in [-0.25, -0.2) is 4.39 Å². The quantitative estimate of drug-likeness (QED) is 0.728. The molecule has 1 aliphatic rings. The van der Waals surface area contributed by atoms with Gasteiger partial charge >= 0.3 is 0 Å². The Kier molecular flexibility index (Phi) is 3.99. The second-order valence-corrected chi connectivity index (χ2v) is 4.73. The molecule has 0 aromatic heterocycles. The first kappa shape index (κ1) is 12.6. The molecule has 1 aliphatic carbocycles. The smallest absolute Gasteiger partial charge is 0.227 e. The number of halogens is 1. The molecule has 0 spiro atoms. The van der Waals surface area contributed by atoms with E-state index in [9.17, 15) is 9.18 Å². The molecule has 94 valence electrons. The van der Waals surface area contributed by atoms with Crippen LogP contribution in [0.15, 0.2) is 24.3 Å². The molecule has 18 heavy (non-hydrogen) atoms. The summed E-state index contributed by atoms with van der Waals surface area (Å²) in [5.74, 6) is 2.88. The summed E-state index contributed by atoms with van der Waals surface area (Å²) in [5.41, 5.74) is 0.819. The first-order valence-corrected chi connectivity index (χ1v) is 6.14. The minimum atomic E-state index is -0.287. The van der Waals surface area contributed by atoms with Crippen molar-refractivity contribution >= 4 is 5.91 Å². The zero-order valence-corrected chi connectivity index (χ0v) is 10.2. The molecule has 0 aliphatic heterocycles. The van der Waals surface area contributed by atoms with Crippen LogP contribution in [0.4, 0.5) is 4.39 Å². The summed E-state index contributed by atoms with van der Waals surface area (Å²) < 4.78 is 12.8. The van der Waals surface area contributed by atoms with Crippen molar-refractivity contribution in [1.82, 2.24) is 4.90 Å². The van der Waals surface area contributed by atoms with Gasteiger partial charge in [0.1, 0.15) is 5.82 Å². The first-order valence-electron chi connectivity index (χ1n) is 6.14. The summed E-state index contributed by atoms with van der Waals surface area (Å²) >= 11 is 0. The van der Waals surface area contributed by atoms with Crippen LogP contribution < -0.4 is 0 Å². The van der Waals surface area contributed by atoms with Crippen LogP contribution in [0.3, 0.4) is 0 Å². The van der Waals surface area contributed by atoms with Crippen molar-refractivity contribution in [1.29, 1.82) is 0 Å². The van der Waals surface area contributed by atoms with E-state index in [2.05, 4.69) is 5.92 Å². The fourth-order valence-corrected chi connectivity index (χ4v) is 1.87. The Balaban J connectivity index is 1.95. The Labute approximate surface area is 107 Å². The molecule has 0 N–H and O–H groups in total. The summed E-state index contributed by atoms with van der Waals surface area (Å²) in [6, 6.07) is 6.01. The molecule has 0 heterocycles. The van der Waals surface area contributed by atoms with Crippen molar-refractivity contribution < 1.29 is 9.18 Å². The van der Waals surface area contributed by atoms with Gasteiger partial charge in [0.05, 0.1) is 13.0 Å². The van der Waals surface area contributed by atoms with Crippen molar-refractivity contribution in [2.45, 2.75) is 19.3 Å². The minimum absolute atomic E-state index is 0.0199. The van der Waals surface area contributed by atoms with Crippen LogP contribution in [0.1, 0.15) is 18.4 Å². The van der Waals surface area contributed by atoms with Gasteiger partial charge in [-0.1, -0.05) is 18.1 Å². The van der Waals surface area contributed by atoms with Gasteiger partial charge in [-0.15, -0.1) is 6.42 Å². The van der Waals surface area contributed by atoms with E-state index in [-0.39, 0.29) is 18.1 Å². The molecule has 0 saturated heterocycles. The molecule has 1 fully saturated rings. The molecule has 2 rings (SSSR count). The third-order valence-electron chi connectivity index (χ3n) is 3.08. The van der Waals surface area contributed by atoms with Crippen LogP contribution >= 0.6 is 0 Å². The number of nitrogens with zero attached hydrogens (tertiary/aromatic N) is 1. The number of carbonyl (C=O) groups excluding carboxylic acids is 1. The van der Waals surface area contributed by atoms with E-state index in [1.807, 2.05) is 0 Å². The molecule has 0 bridgehead atoms. The maximum absolute atomic E-state index is 12.8. The number of rotatable bonds is 5. The molecule has 0 atom stereocenters. The SMILES string of the molecule is C#CCN(CC1CC1)C(=O)Cc1ccc(F)cc1. The lowest BCUT2D eigenvalue weighted by molar-refractivity contribution is -0.130. The fraction of sp³-hybridized carbons (Fsp3) is 0.400. The Morgan fingerprint density at radius 2 is 2.06 bits per heavy atom. The van der Waals surface area contributed by atoms with Gasteiger partial charge in [0, 0.05) is 6.54 Å². The lowest BCUT2D eigenvalue weighted by Crippen LogP contribution is -2.34. The molecule has 0 unspecified atom stereocenters. The number of benzene rings is 1. The predicted octanol–water partition coefficient (Wildman–Crippen LogP) is 2.24. The average Bonchev–Trinajstić information content (AvgIpc) is 3.15. The maximum atomic E-state index is 12.8. The number of hydrogen-bond acceptors (Lipinski definition) is 1. The zero-order valence-electron chi connectivity index (χ0n) is 10.2. The third-order valence-corrected chi connectivity index (χ3v) is 3.08. The monoisotopic (exact) mass is 245 g/mol. The zero-order chi connectivity index (χ0) is 13.0. The number of amides is 1. The van der Waals surface area contributed by atoms with E-state index >= 15 is 0 Å². The van der Waals surface area contributed by atoms with E-state index in [1.165, 1.54) is 25.0 Å². The fourth-order valence-electron chi connectivity index (χ4n) is 1.87. The largest absolute Gasteiger partial charge is 0.331 e. The molecule has 1 aromatic carbocycles. The van der Waals surface area contributed by atoms with Gasteiger partial charge in [0.25, 0.3) is 0 Å². The standard InChI is InChI=1S/C15H16FNO/c1-2-9-17(11-13-3-4-13)15(18)10-12-5-7-14(16)8-6-12/h1,5-8,13H,3-4,9-11H2. The van der Waals surface area contributed by atoms with Crippen LogP contribution in [-0.4, -0.2) is 23.9 Å². The van der Waals surface area contributed by atoms with Crippen LogP contribution in [0.25, 0.3) is 0 Å². The molecule has 1 saturated carbocycles. The Bertz CT molecular complexity index is 456. The number of terminal acetylenes is 1. The molecular formula is C15H16FNO. The highest BCUT2D eigenvalue weighted by Crippen LogP contribution is 2.29. The number of hydrogen-bond donors (Lipinski definition) is 0. The summed E-state index contributed by atoms with van der Waals surface area (Å²) in [6.45, 7) is 1.11. The summed E-state index contributed by atoms with van der Waals surface area (Å²) in [6.07, 6.45) is 7.94. The second kappa shape index (κ2) is 5.68. The highest BCUT2D eigenvalue weighted by Gasteiger charge is 2.26. The summed E-state index contributed by atoms with van der Waals surface area (Å²) in [7, 11) is 0. The average molecular weight is 245 g/mol. The highest BCUT2D eigenvalue weighted by atomic mass is 19.1. The predicted molar refractivity (Wildman–Crippen MR) is 68.2 cm³/mol. The first-order chi connectivity index (χ1) is 8.69. The van der Waals surface area contributed by atoms with Crippen LogP contribution in [0, 0.1) is 24.1 Å². The molecule has 1 aromatic rings. The minimum Gasteiger partial charge on any atom is -0.331 e. The molecule has 1 amide bonds. The second-order valence-electron chi connectivity index (χ2n) is 4.73. The van der Waals surface area contributed by atoms with E-state index in [1.54, 1.807) is 17.0 Å². The van der Waals surface area contributed by atoms with E-state index in [0.717, 1.165) is 12.1 Å². The van der Waals surface area contributed by atoms with Gasteiger partial charge in [0.15, 0.2) is 0 Å². The van der Waals surface area contributed by atoms with Gasteiger partial charge in [-0.05, 0) is 36.5 Å². The van der Waals surface area contributed by atoms with Crippen LogP contribution in [0.2, 0.25) is 0 Å². The van der Waals surface area contributed by atoms with Crippen molar-refractivity contribution in [2.75, 3.05) is 13.1 Å². The summed E-state index contributed by atoms with van der Waals surface area (Å²) in [5, 5.41) is 0.